The molecule has 34 heavy (non-hydrogen) atoms. The van der Waals surface area contributed by atoms with Crippen molar-refractivity contribution in [1.82, 2.24) is 0 Å². The monoisotopic (exact) mass is 527 g/mol. The summed E-state index contributed by atoms with van der Waals surface area (Å²) in [7, 11) is 1.41. The first-order valence-electron chi connectivity index (χ1n) is 10.1. The molecular formula is C25H22BrNO7. The summed E-state index contributed by atoms with van der Waals surface area (Å²) in [6.45, 7) is 0. The van der Waals surface area contributed by atoms with Crippen LogP contribution in [0.3, 0.4) is 0 Å². The fourth-order valence-corrected chi connectivity index (χ4v) is 3.30. The van der Waals surface area contributed by atoms with Crippen LogP contribution in [0.25, 0.3) is 0 Å². The molecule has 3 aromatic carbocycles. The minimum Gasteiger partial charge on any atom is -0.504 e. The van der Waals surface area contributed by atoms with Crippen LogP contribution >= 0.6 is 15.9 Å². The van der Waals surface area contributed by atoms with Gasteiger partial charge in [0.1, 0.15) is 5.75 Å². The number of rotatable bonds is 9. The zero-order chi connectivity index (χ0) is 24.5. The van der Waals surface area contributed by atoms with Crippen LogP contribution in [0, 0.1) is 0 Å². The molecule has 3 aromatic rings. The van der Waals surface area contributed by atoms with Crippen molar-refractivity contribution in [2.45, 2.75) is 12.2 Å². The molecule has 0 aromatic heterocycles. The van der Waals surface area contributed by atoms with E-state index in [9.17, 15) is 14.7 Å². The zero-order valence-corrected chi connectivity index (χ0v) is 19.6. The molecule has 8 nitrogen and oxygen atoms in total. The number of nitrogens with one attached hydrogen (secondary N) is 1. The smallest absolute Gasteiger partial charge is 0.412 e. The van der Waals surface area contributed by atoms with Crippen LogP contribution in [0.1, 0.15) is 11.7 Å². The van der Waals surface area contributed by atoms with E-state index in [0.717, 1.165) is 10.5 Å². The number of anilines is 1. The fraction of sp³-hybridized carbons (Fsp3) is 0.120. The van der Waals surface area contributed by atoms with Gasteiger partial charge in [0.2, 0.25) is 0 Å². The lowest BCUT2D eigenvalue weighted by atomic mass is 10.0. The van der Waals surface area contributed by atoms with Gasteiger partial charge in [-0.3, -0.25) is 5.32 Å². The number of halogens is 1. The quantitative estimate of drug-likeness (QED) is 0.313. The van der Waals surface area contributed by atoms with Gasteiger partial charge in [-0.25, -0.2) is 9.59 Å². The van der Waals surface area contributed by atoms with Gasteiger partial charge >= 0.3 is 12.1 Å². The number of carbonyl (C=O) groups excluding carboxylic acids is 1. The van der Waals surface area contributed by atoms with Crippen molar-refractivity contribution in [3.63, 3.8) is 0 Å². The number of aromatic hydroxyl groups is 1. The Bertz CT molecular complexity index is 1150. The van der Waals surface area contributed by atoms with E-state index in [1.54, 1.807) is 60.7 Å². The van der Waals surface area contributed by atoms with Gasteiger partial charge in [-0.05, 0) is 54.6 Å². The molecule has 1 amide bonds. The summed E-state index contributed by atoms with van der Waals surface area (Å²) in [6, 6.07) is 20.0. The highest BCUT2D eigenvalue weighted by Crippen LogP contribution is 2.33. The van der Waals surface area contributed by atoms with Crippen LogP contribution < -0.4 is 14.8 Å². The average molecular weight is 528 g/mol. The number of para-hydroxylation sites is 1. The summed E-state index contributed by atoms with van der Waals surface area (Å²) >= 11 is 3.33. The van der Waals surface area contributed by atoms with Crippen LogP contribution in [-0.2, 0) is 9.53 Å². The number of benzene rings is 3. The molecule has 0 fully saturated rings. The van der Waals surface area contributed by atoms with Crippen molar-refractivity contribution in [3.8, 4) is 17.2 Å². The highest BCUT2D eigenvalue weighted by molar-refractivity contribution is 9.10. The number of hydrogen-bond acceptors (Lipinski definition) is 6. The predicted octanol–water partition coefficient (Wildman–Crippen LogP) is 5.54. The van der Waals surface area contributed by atoms with Crippen LogP contribution in [0.5, 0.6) is 17.2 Å². The SMILES string of the molecule is COc1ccc([C@@H](OC(=O)Nc2ccc(Br)cc2)[C@@H](/C=C/C(=O)O)Oc2ccccc2)cc1O. The van der Waals surface area contributed by atoms with E-state index < -0.39 is 24.3 Å². The molecule has 0 bridgehead atoms. The lowest BCUT2D eigenvalue weighted by Crippen LogP contribution is -2.29. The van der Waals surface area contributed by atoms with Crippen molar-refractivity contribution in [2.24, 2.45) is 0 Å². The first kappa shape index (κ1) is 24.7. The molecule has 0 aliphatic rings. The van der Waals surface area contributed by atoms with E-state index in [4.69, 9.17) is 19.3 Å². The van der Waals surface area contributed by atoms with Crippen molar-refractivity contribution < 1.29 is 34.0 Å². The molecule has 3 rings (SSSR count). The molecule has 0 unspecified atom stereocenters. The maximum atomic E-state index is 12.8. The standard InChI is InChI=1S/C25H22BrNO7/c1-32-21-12-7-16(15-20(21)28)24(34-25(31)27-18-10-8-17(26)9-11-18)22(13-14-23(29)30)33-19-5-3-2-4-6-19/h2-15,22,24,28H,1H3,(H,27,31)(H,29,30)/b14-13+/t22-,24-/m1/s1. The summed E-state index contributed by atoms with van der Waals surface area (Å²) in [5, 5.41) is 22.1. The van der Waals surface area contributed by atoms with Crippen molar-refractivity contribution in [1.29, 1.82) is 0 Å². The van der Waals surface area contributed by atoms with Gasteiger partial charge in [-0.2, -0.15) is 0 Å². The largest absolute Gasteiger partial charge is 0.504 e. The number of hydrogen-bond donors (Lipinski definition) is 3. The number of phenolic OH excluding ortho intramolecular Hbond substituents is 1. The van der Waals surface area contributed by atoms with Gasteiger partial charge < -0.3 is 24.4 Å². The highest BCUT2D eigenvalue weighted by atomic mass is 79.9. The van der Waals surface area contributed by atoms with Gasteiger partial charge in [0.25, 0.3) is 0 Å². The second kappa shape index (κ2) is 11.8. The Morgan fingerprint density at radius 3 is 2.35 bits per heavy atom. The summed E-state index contributed by atoms with van der Waals surface area (Å²) in [4.78, 5) is 24.0. The van der Waals surface area contributed by atoms with E-state index in [2.05, 4.69) is 21.2 Å². The first-order valence-corrected chi connectivity index (χ1v) is 10.9. The molecule has 0 saturated carbocycles. The van der Waals surface area contributed by atoms with Crippen molar-refractivity contribution in [3.05, 3.63) is 95.0 Å². The molecule has 176 valence electrons. The molecule has 0 radical (unpaired) electrons. The van der Waals surface area contributed by atoms with Crippen LogP contribution in [0.2, 0.25) is 0 Å². The third kappa shape index (κ3) is 7.01. The Morgan fingerprint density at radius 1 is 1.03 bits per heavy atom. The van der Waals surface area contributed by atoms with Crippen molar-refractivity contribution >= 4 is 33.7 Å². The molecule has 0 saturated heterocycles. The predicted molar refractivity (Wildman–Crippen MR) is 129 cm³/mol. The number of carboxylic acid groups (broad SMARTS) is 1. The Kier molecular flexibility index (Phi) is 8.53. The van der Waals surface area contributed by atoms with Gasteiger partial charge in [0, 0.05) is 21.8 Å². The number of carboxylic acids is 1. The molecule has 0 aliphatic heterocycles. The van der Waals surface area contributed by atoms with Gasteiger partial charge in [-0.1, -0.05) is 40.2 Å². The molecule has 2 atom stereocenters. The Labute approximate surface area is 204 Å². The average Bonchev–Trinajstić information content (AvgIpc) is 2.82. The van der Waals surface area contributed by atoms with E-state index >= 15 is 0 Å². The summed E-state index contributed by atoms with van der Waals surface area (Å²) < 4.78 is 17.6. The number of carbonyl (C=O) groups is 2. The Morgan fingerprint density at radius 2 is 1.74 bits per heavy atom. The van der Waals surface area contributed by atoms with Gasteiger partial charge in [-0.15, -0.1) is 0 Å². The molecule has 0 aliphatic carbocycles. The van der Waals surface area contributed by atoms with Gasteiger partial charge in [0.15, 0.2) is 23.7 Å². The summed E-state index contributed by atoms with van der Waals surface area (Å²) in [5.74, 6) is -0.717. The maximum absolute atomic E-state index is 12.8. The van der Waals surface area contributed by atoms with Crippen LogP contribution in [0.4, 0.5) is 10.5 Å². The van der Waals surface area contributed by atoms with Crippen LogP contribution in [-0.4, -0.2) is 35.5 Å². The number of amides is 1. The van der Waals surface area contributed by atoms with E-state index in [1.807, 2.05) is 0 Å². The van der Waals surface area contributed by atoms with Crippen molar-refractivity contribution in [2.75, 3.05) is 12.4 Å². The number of ether oxygens (including phenoxy) is 3. The number of aliphatic carboxylic acids is 1. The lowest BCUT2D eigenvalue weighted by Gasteiger charge is -2.26. The first-order chi connectivity index (χ1) is 16.4. The summed E-state index contributed by atoms with van der Waals surface area (Å²) in [6.07, 6.45) is -0.785. The minimum absolute atomic E-state index is 0.178. The Balaban J connectivity index is 1.96. The van der Waals surface area contributed by atoms with Crippen LogP contribution in [0.15, 0.2) is 89.4 Å². The molecule has 0 heterocycles. The van der Waals surface area contributed by atoms with E-state index in [0.29, 0.717) is 17.0 Å². The second-order valence-corrected chi connectivity index (χ2v) is 7.90. The maximum Gasteiger partial charge on any atom is 0.412 e. The lowest BCUT2D eigenvalue weighted by molar-refractivity contribution is -0.131. The molecule has 0 spiro atoms. The molecular weight excluding hydrogens is 506 g/mol. The topological polar surface area (TPSA) is 114 Å². The molecule has 3 N–H and O–H groups in total. The van der Waals surface area contributed by atoms with E-state index in [-0.39, 0.29) is 11.5 Å². The number of phenols is 1. The number of methoxy groups -OCH3 is 1. The zero-order valence-electron chi connectivity index (χ0n) is 18.1. The molecule has 9 heteroatoms. The highest BCUT2D eigenvalue weighted by Gasteiger charge is 2.29. The third-order valence-corrected chi connectivity index (χ3v) is 5.13. The van der Waals surface area contributed by atoms with E-state index in [1.165, 1.54) is 25.3 Å². The Hall–Kier alpha value is -3.98. The minimum atomic E-state index is -1.20. The fourth-order valence-electron chi connectivity index (χ4n) is 3.04. The third-order valence-electron chi connectivity index (χ3n) is 4.60. The normalized spacial score (nSPS) is 12.5. The van der Waals surface area contributed by atoms with Gasteiger partial charge in [0.05, 0.1) is 7.11 Å². The second-order valence-electron chi connectivity index (χ2n) is 6.98. The summed E-state index contributed by atoms with van der Waals surface area (Å²) in [5.41, 5.74) is 0.853.